The van der Waals surface area contributed by atoms with Gasteiger partial charge in [-0.1, -0.05) is 24.3 Å². The minimum absolute atomic E-state index is 0.0198. The van der Waals surface area contributed by atoms with E-state index in [1.54, 1.807) is 11.8 Å². The van der Waals surface area contributed by atoms with Crippen LogP contribution in [0, 0.1) is 5.92 Å². The molecule has 7 heteroatoms. The number of Topliss-reactive ketones (excluding diaryl/α,β-unsaturated/α-hetero) is 2. The normalized spacial score (nSPS) is 28.4. The number of benzene rings is 1. The number of hydrogen-bond donors (Lipinski definition) is 1. The lowest BCUT2D eigenvalue weighted by Crippen LogP contribution is -2.49. The second kappa shape index (κ2) is 7.13. The van der Waals surface area contributed by atoms with Crippen LogP contribution in [0.25, 0.3) is 0 Å². The Morgan fingerprint density at radius 1 is 1.28 bits per heavy atom. The molecule has 5 nitrogen and oxygen atoms in total. The van der Waals surface area contributed by atoms with E-state index in [1.165, 1.54) is 11.8 Å². The number of amides is 1. The molecule has 25 heavy (non-hydrogen) atoms. The fourth-order valence-electron chi connectivity index (χ4n) is 3.75. The van der Waals surface area contributed by atoms with Crippen molar-refractivity contribution in [2.24, 2.45) is 5.92 Å². The molecule has 1 amide bonds. The molecule has 0 bridgehead atoms. The lowest BCUT2D eigenvalue weighted by molar-refractivity contribution is -0.133. The maximum atomic E-state index is 12.8. The molecule has 1 aromatic carbocycles. The zero-order valence-corrected chi connectivity index (χ0v) is 15.4. The van der Waals surface area contributed by atoms with Crippen LogP contribution in [0.4, 0.5) is 0 Å². The zero-order valence-electron chi connectivity index (χ0n) is 13.8. The fraction of sp³-hybridized carbons (Fsp3) is 0.500. The zero-order chi connectivity index (χ0) is 17.4. The summed E-state index contributed by atoms with van der Waals surface area (Å²) in [4.78, 5) is 39.8. The Kier molecular flexibility index (Phi) is 4.88. The van der Waals surface area contributed by atoms with Crippen molar-refractivity contribution in [3.8, 4) is 0 Å². The summed E-state index contributed by atoms with van der Waals surface area (Å²) in [6.45, 7) is 0.754. The van der Waals surface area contributed by atoms with Crippen molar-refractivity contribution < 1.29 is 14.4 Å². The molecular formula is C18H20N2O3S2. The highest BCUT2D eigenvalue weighted by Crippen LogP contribution is 2.32. The van der Waals surface area contributed by atoms with Crippen LogP contribution >= 0.6 is 23.5 Å². The van der Waals surface area contributed by atoms with Gasteiger partial charge in [-0.3, -0.25) is 19.7 Å². The summed E-state index contributed by atoms with van der Waals surface area (Å²) in [5, 5.41) is 2.79. The first-order valence-corrected chi connectivity index (χ1v) is 10.7. The van der Waals surface area contributed by atoms with Crippen molar-refractivity contribution >= 4 is 41.0 Å². The van der Waals surface area contributed by atoms with Crippen LogP contribution in [0.15, 0.2) is 24.3 Å². The highest BCUT2D eigenvalue weighted by molar-refractivity contribution is 8.01. The molecule has 2 fully saturated rings. The Hall–Kier alpha value is -1.31. The van der Waals surface area contributed by atoms with Crippen molar-refractivity contribution in [2.75, 3.05) is 24.1 Å². The monoisotopic (exact) mass is 376 g/mol. The molecule has 4 rings (SSSR count). The smallest absolute Gasteiger partial charge is 0.242 e. The van der Waals surface area contributed by atoms with Gasteiger partial charge in [0.25, 0.3) is 0 Å². The van der Waals surface area contributed by atoms with Gasteiger partial charge in [-0.2, -0.15) is 0 Å². The molecular weight excluding hydrogens is 356 g/mol. The average Bonchev–Trinajstić information content (AvgIpc) is 3.35. The number of carbonyl (C=O) groups excluding carboxylic acids is 3. The van der Waals surface area contributed by atoms with Crippen molar-refractivity contribution in [3.05, 3.63) is 35.4 Å². The van der Waals surface area contributed by atoms with Crippen LogP contribution in [0.5, 0.6) is 0 Å². The van der Waals surface area contributed by atoms with Gasteiger partial charge in [0.1, 0.15) is 11.8 Å². The lowest BCUT2D eigenvalue weighted by atomic mass is 9.94. The lowest BCUT2D eigenvalue weighted by Gasteiger charge is -2.23. The van der Waals surface area contributed by atoms with E-state index < -0.39 is 6.04 Å². The molecule has 132 valence electrons. The first-order chi connectivity index (χ1) is 12.1. The van der Waals surface area contributed by atoms with Crippen molar-refractivity contribution in [2.45, 2.75) is 24.1 Å². The third-order valence-electron chi connectivity index (χ3n) is 5.08. The van der Waals surface area contributed by atoms with Crippen LogP contribution in [0.3, 0.4) is 0 Å². The molecule has 0 saturated carbocycles. The standard InChI is InChI=1S/C18H20N2O3S2/c21-14(8-12-7-11-3-1-2-4-13(11)16(12)22)17-15(19-9-25-17)18(23)20-5-6-24-10-20/h1-4,12,15,17,19H,5-10H2/t12?,15-,17?/m0/s1. The largest absolute Gasteiger partial charge is 0.331 e. The first-order valence-electron chi connectivity index (χ1n) is 8.51. The molecule has 1 aromatic rings. The summed E-state index contributed by atoms with van der Waals surface area (Å²) < 4.78 is 0. The van der Waals surface area contributed by atoms with E-state index >= 15 is 0 Å². The van der Waals surface area contributed by atoms with E-state index in [1.807, 2.05) is 29.2 Å². The molecule has 2 unspecified atom stereocenters. The summed E-state index contributed by atoms with van der Waals surface area (Å²) in [7, 11) is 0. The van der Waals surface area contributed by atoms with Gasteiger partial charge in [0.05, 0.1) is 11.1 Å². The van der Waals surface area contributed by atoms with Crippen molar-refractivity contribution in [1.82, 2.24) is 10.2 Å². The maximum absolute atomic E-state index is 12.8. The van der Waals surface area contributed by atoms with Crippen molar-refractivity contribution in [1.29, 1.82) is 0 Å². The molecule has 2 heterocycles. The molecule has 0 radical (unpaired) electrons. The molecule has 1 aliphatic carbocycles. The Labute approximate surface area is 155 Å². The van der Waals surface area contributed by atoms with Gasteiger partial charge in [-0.25, -0.2) is 0 Å². The topological polar surface area (TPSA) is 66.5 Å². The summed E-state index contributed by atoms with van der Waals surface area (Å²) in [5.74, 6) is 2.11. The van der Waals surface area contributed by atoms with E-state index in [-0.39, 0.29) is 35.1 Å². The Morgan fingerprint density at radius 3 is 2.88 bits per heavy atom. The summed E-state index contributed by atoms with van der Waals surface area (Å²) in [6, 6.07) is 7.14. The molecule has 0 aromatic heterocycles. The summed E-state index contributed by atoms with van der Waals surface area (Å²) in [6.07, 6.45) is 0.859. The Morgan fingerprint density at radius 2 is 2.12 bits per heavy atom. The highest BCUT2D eigenvalue weighted by Gasteiger charge is 2.42. The predicted octanol–water partition coefficient (Wildman–Crippen LogP) is 1.56. The van der Waals surface area contributed by atoms with E-state index in [4.69, 9.17) is 0 Å². The number of ketones is 2. The Bertz CT molecular complexity index is 718. The predicted molar refractivity (Wildman–Crippen MR) is 99.8 cm³/mol. The van der Waals surface area contributed by atoms with E-state index in [0.29, 0.717) is 18.2 Å². The first kappa shape index (κ1) is 17.1. The molecule has 1 N–H and O–H groups in total. The fourth-order valence-corrected chi connectivity index (χ4v) is 5.85. The second-order valence-electron chi connectivity index (χ2n) is 6.65. The van der Waals surface area contributed by atoms with Gasteiger partial charge in [-0.15, -0.1) is 23.5 Å². The van der Waals surface area contributed by atoms with Crippen LogP contribution in [0.2, 0.25) is 0 Å². The van der Waals surface area contributed by atoms with E-state index in [2.05, 4.69) is 5.32 Å². The highest BCUT2D eigenvalue weighted by atomic mass is 32.2. The van der Waals surface area contributed by atoms with Crippen LogP contribution in [-0.4, -0.2) is 57.7 Å². The minimum Gasteiger partial charge on any atom is -0.331 e. The number of thioether (sulfide) groups is 2. The van der Waals surface area contributed by atoms with Gasteiger partial charge in [-0.05, 0) is 12.0 Å². The third kappa shape index (κ3) is 3.25. The molecule has 2 aliphatic heterocycles. The molecule has 3 aliphatic rings. The SMILES string of the molecule is O=C1c2ccccc2CC1CC(=O)C1SCN[C@@H]1C(=O)N1CCSC1. The number of carbonyl (C=O) groups is 3. The average molecular weight is 377 g/mol. The number of nitrogens with one attached hydrogen (secondary N) is 1. The maximum Gasteiger partial charge on any atom is 0.242 e. The third-order valence-corrected chi connectivity index (χ3v) is 7.28. The molecule has 0 spiro atoms. The van der Waals surface area contributed by atoms with Gasteiger partial charge in [0, 0.05) is 36.1 Å². The summed E-state index contributed by atoms with van der Waals surface area (Å²) in [5.41, 5.74) is 1.78. The van der Waals surface area contributed by atoms with Gasteiger partial charge < -0.3 is 4.90 Å². The molecule has 2 saturated heterocycles. The molecule has 3 atom stereocenters. The number of nitrogens with zero attached hydrogens (tertiary/aromatic N) is 1. The summed E-state index contributed by atoms with van der Waals surface area (Å²) >= 11 is 3.23. The Balaban J connectivity index is 1.42. The van der Waals surface area contributed by atoms with Crippen molar-refractivity contribution in [3.63, 3.8) is 0 Å². The van der Waals surface area contributed by atoms with Crippen LogP contribution in [-0.2, 0) is 16.0 Å². The number of hydrogen-bond acceptors (Lipinski definition) is 6. The van der Waals surface area contributed by atoms with Gasteiger partial charge >= 0.3 is 0 Å². The van der Waals surface area contributed by atoms with Gasteiger partial charge in [0.2, 0.25) is 5.91 Å². The van der Waals surface area contributed by atoms with E-state index in [0.717, 1.165) is 23.4 Å². The quantitative estimate of drug-likeness (QED) is 0.860. The minimum atomic E-state index is -0.449. The number of rotatable bonds is 4. The van der Waals surface area contributed by atoms with E-state index in [9.17, 15) is 14.4 Å². The van der Waals surface area contributed by atoms with Crippen LogP contribution < -0.4 is 5.32 Å². The van der Waals surface area contributed by atoms with Crippen LogP contribution in [0.1, 0.15) is 22.3 Å². The second-order valence-corrected chi connectivity index (χ2v) is 8.85. The number of fused-ring (bicyclic) bond motifs is 1. The van der Waals surface area contributed by atoms with Gasteiger partial charge in [0.15, 0.2) is 5.78 Å².